The van der Waals surface area contributed by atoms with E-state index in [1.807, 2.05) is 12.3 Å². The lowest BCUT2D eigenvalue weighted by atomic mass is 10.1. The minimum atomic E-state index is -3.51. The summed E-state index contributed by atoms with van der Waals surface area (Å²) in [4.78, 5) is 5.21. The van der Waals surface area contributed by atoms with Gasteiger partial charge in [0.1, 0.15) is 5.75 Å². The van der Waals surface area contributed by atoms with Crippen molar-refractivity contribution in [3.63, 3.8) is 0 Å². The molecular formula is C13H15N3O3S2. The summed E-state index contributed by atoms with van der Waals surface area (Å²) >= 11 is 1.60. The summed E-state index contributed by atoms with van der Waals surface area (Å²) in [6, 6.07) is 5.13. The van der Waals surface area contributed by atoms with Gasteiger partial charge in [0.15, 0.2) is 0 Å². The van der Waals surface area contributed by atoms with Crippen LogP contribution in [0, 0.1) is 0 Å². The molecule has 8 heteroatoms. The summed E-state index contributed by atoms with van der Waals surface area (Å²) in [5.74, 6) is -0.0101. The van der Waals surface area contributed by atoms with Crippen molar-refractivity contribution < 1.29 is 13.5 Å². The number of rotatable bonds is 4. The van der Waals surface area contributed by atoms with Gasteiger partial charge in [0.05, 0.1) is 11.2 Å². The predicted octanol–water partition coefficient (Wildman–Crippen LogP) is 1.29. The fourth-order valence-corrected chi connectivity index (χ4v) is 4.14. The van der Waals surface area contributed by atoms with E-state index in [9.17, 15) is 13.5 Å². The number of hydrogen-bond acceptors (Lipinski definition) is 5. The van der Waals surface area contributed by atoms with Gasteiger partial charge in [-0.2, -0.15) is 13.1 Å². The third kappa shape index (κ3) is 3.02. The van der Waals surface area contributed by atoms with Gasteiger partial charge in [-0.1, -0.05) is 6.07 Å². The van der Waals surface area contributed by atoms with Crippen molar-refractivity contribution in [2.75, 3.05) is 17.4 Å². The molecule has 0 atom stereocenters. The van der Waals surface area contributed by atoms with Crippen LogP contribution in [0.25, 0.3) is 0 Å². The first kappa shape index (κ1) is 14.3. The molecular weight excluding hydrogens is 310 g/mol. The van der Waals surface area contributed by atoms with Gasteiger partial charge >= 0.3 is 10.2 Å². The zero-order valence-electron chi connectivity index (χ0n) is 11.2. The van der Waals surface area contributed by atoms with Gasteiger partial charge in [-0.3, -0.25) is 9.29 Å². The van der Waals surface area contributed by atoms with Crippen molar-refractivity contribution in [3.05, 3.63) is 40.3 Å². The normalized spacial score (nSPS) is 17.2. The molecule has 3 rings (SSSR count). The maximum Gasteiger partial charge on any atom is 0.301 e. The monoisotopic (exact) mass is 325 g/mol. The number of benzene rings is 1. The van der Waals surface area contributed by atoms with Gasteiger partial charge in [-0.15, -0.1) is 11.3 Å². The number of phenols is 1. The van der Waals surface area contributed by atoms with Crippen LogP contribution in [-0.2, 0) is 23.1 Å². The van der Waals surface area contributed by atoms with E-state index in [-0.39, 0.29) is 5.75 Å². The standard InChI is InChI=1S/C13H15N3O3S2/c17-13-7-10(1-3-11-8-14-9-20-11)2-4-12(13)16-6-5-15-21(16,18)19/h2,4,7-9,15,17H,1,3,5-6H2. The van der Waals surface area contributed by atoms with Crippen LogP contribution in [0.1, 0.15) is 10.4 Å². The topological polar surface area (TPSA) is 82.5 Å². The van der Waals surface area contributed by atoms with E-state index in [0.29, 0.717) is 18.8 Å². The van der Waals surface area contributed by atoms with E-state index in [1.165, 1.54) is 9.18 Å². The van der Waals surface area contributed by atoms with Gasteiger partial charge in [0.25, 0.3) is 0 Å². The van der Waals surface area contributed by atoms with Crippen LogP contribution in [0.5, 0.6) is 5.75 Å². The summed E-state index contributed by atoms with van der Waals surface area (Å²) in [6.45, 7) is 0.686. The number of hydrogen-bond donors (Lipinski definition) is 2. The minimum absolute atomic E-state index is 0.0101. The smallest absolute Gasteiger partial charge is 0.301 e. The summed E-state index contributed by atoms with van der Waals surface area (Å²) in [5.41, 5.74) is 3.08. The minimum Gasteiger partial charge on any atom is -0.506 e. The Kier molecular flexibility index (Phi) is 3.83. The highest BCUT2D eigenvalue weighted by Gasteiger charge is 2.29. The molecule has 21 heavy (non-hydrogen) atoms. The van der Waals surface area contributed by atoms with Crippen LogP contribution in [0.2, 0.25) is 0 Å². The van der Waals surface area contributed by atoms with Gasteiger partial charge in [0.2, 0.25) is 0 Å². The largest absolute Gasteiger partial charge is 0.506 e. The Balaban J connectivity index is 1.77. The fourth-order valence-electron chi connectivity index (χ4n) is 2.29. The average molecular weight is 325 g/mol. The first-order valence-electron chi connectivity index (χ1n) is 6.53. The van der Waals surface area contributed by atoms with E-state index in [1.54, 1.807) is 29.0 Å². The van der Waals surface area contributed by atoms with Crippen LogP contribution in [0.3, 0.4) is 0 Å². The molecule has 0 unspecified atom stereocenters. The SMILES string of the molecule is O=S1(=O)NCCN1c1ccc(CCc2cncs2)cc1O. The number of aromatic nitrogens is 1. The molecule has 2 aromatic rings. The third-order valence-corrected chi connectivity index (χ3v) is 5.71. The number of anilines is 1. The van der Waals surface area contributed by atoms with Gasteiger partial charge in [0, 0.05) is 24.2 Å². The molecule has 6 nitrogen and oxygen atoms in total. The molecule has 0 bridgehead atoms. The van der Waals surface area contributed by atoms with E-state index >= 15 is 0 Å². The Labute approximate surface area is 127 Å². The van der Waals surface area contributed by atoms with Crippen LogP contribution in [0.15, 0.2) is 29.9 Å². The molecule has 0 amide bonds. The second-order valence-corrected chi connectivity index (χ2v) is 7.41. The molecule has 0 radical (unpaired) electrons. The number of phenolic OH excluding ortho intramolecular Hbond substituents is 1. The number of aryl methyl sites for hydroxylation is 2. The number of thiazole rings is 1. The number of aromatic hydroxyl groups is 1. The second-order valence-electron chi connectivity index (χ2n) is 4.76. The third-order valence-electron chi connectivity index (χ3n) is 3.34. The van der Waals surface area contributed by atoms with Crippen molar-refractivity contribution >= 4 is 27.2 Å². The zero-order chi connectivity index (χ0) is 14.9. The molecule has 0 aliphatic carbocycles. The first-order chi connectivity index (χ1) is 10.1. The lowest BCUT2D eigenvalue weighted by molar-refractivity contribution is 0.475. The molecule has 112 valence electrons. The molecule has 2 heterocycles. The molecule has 0 saturated carbocycles. The average Bonchev–Trinajstić information content (AvgIpc) is 3.06. The Hall–Kier alpha value is -1.64. The quantitative estimate of drug-likeness (QED) is 0.887. The Bertz CT molecular complexity index is 729. The fraction of sp³-hybridized carbons (Fsp3) is 0.308. The summed E-state index contributed by atoms with van der Waals surface area (Å²) in [6.07, 6.45) is 3.47. The van der Waals surface area contributed by atoms with Crippen molar-refractivity contribution in [1.82, 2.24) is 9.71 Å². The Morgan fingerprint density at radius 2 is 2.24 bits per heavy atom. The summed E-state index contributed by atoms with van der Waals surface area (Å²) in [7, 11) is -3.51. The summed E-state index contributed by atoms with van der Waals surface area (Å²) < 4.78 is 27.2. The van der Waals surface area contributed by atoms with Crippen molar-refractivity contribution in [2.45, 2.75) is 12.8 Å². The molecule has 0 spiro atoms. The lowest BCUT2D eigenvalue weighted by Gasteiger charge is -2.17. The van der Waals surface area contributed by atoms with E-state index in [4.69, 9.17) is 0 Å². The highest BCUT2D eigenvalue weighted by atomic mass is 32.2. The second kappa shape index (κ2) is 5.63. The molecule has 1 saturated heterocycles. The van der Waals surface area contributed by atoms with Crippen LogP contribution in [-0.4, -0.2) is 31.6 Å². The first-order valence-corrected chi connectivity index (χ1v) is 8.85. The molecule has 1 aliphatic heterocycles. The molecule has 2 N–H and O–H groups in total. The van der Waals surface area contributed by atoms with Gasteiger partial charge in [-0.25, -0.2) is 0 Å². The van der Waals surface area contributed by atoms with Crippen molar-refractivity contribution in [1.29, 1.82) is 0 Å². The van der Waals surface area contributed by atoms with Crippen LogP contribution < -0.4 is 9.03 Å². The highest BCUT2D eigenvalue weighted by Crippen LogP contribution is 2.31. The van der Waals surface area contributed by atoms with Crippen molar-refractivity contribution in [2.24, 2.45) is 0 Å². The zero-order valence-corrected chi connectivity index (χ0v) is 12.8. The van der Waals surface area contributed by atoms with E-state index < -0.39 is 10.2 Å². The highest BCUT2D eigenvalue weighted by molar-refractivity contribution is 7.91. The Morgan fingerprint density at radius 1 is 1.38 bits per heavy atom. The molecule has 1 aromatic carbocycles. The van der Waals surface area contributed by atoms with Crippen LogP contribution >= 0.6 is 11.3 Å². The van der Waals surface area contributed by atoms with Crippen LogP contribution in [0.4, 0.5) is 5.69 Å². The Morgan fingerprint density at radius 3 is 2.86 bits per heavy atom. The molecule has 1 fully saturated rings. The molecule has 1 aliphatic rings. The van der Waals surface area contributed by atoms with Crippen molar-refractivity contribution in [3.8, 4) is 5.75 Å². The predicted molar refractivity (Wildman–Crippen MR) is 81.9 cm³/mol. The van der Waals surface area contributed by atoms with Gasteiger partial charge < -0.3 is 5.11 Å². The maximum absolute atomic E-state index is 11.8. The van der Waals surface area contributed by atoms with Gasteiger partial charge in [-0.05, 0) is 30.5 Å². The number of nitrogens with one attached hydrogen (secondary N) is 1. The van der Waals surface area contributed by atoms with E-state index in [2.05, 4.69) is 9.71 Å². The number of nitrogens with zero attached hydrogens (tertiary/aromatic N) is 2. The maximum atomic E-state index is 11.8. The molecule has 1 aromatic heterocycles. The van der Waals surface area contributed by atoms with E-state index in [0.717, 1.165) is 18.4 Å². The lowest BCUT2D eigenvalue weighted by Crippen LogP contribution is -2.29. The summed E-state index contributed by atoms with van der Waals surface area (Å²) in [5, 5.41) is 10.1.